The average molecular weight is 404 g/mol. The number of hydrogen-bond donors (Lipinski definition) is 1. The topological polar surface area (TPSA) is 85.5 Å². The molecule has 28 heavy (non-hydrogen) atoms. The molecule has 1 aromatic heterocycles. The largest absolute Gasteiger partial charge is 0.492 e. The molecule has 0 saturated carbocycles. The smallest absolute Gasteiger partial charge is 0.185 e. The number of ketones is 1. The minimum Gasteiger partial charge on any atom is -0.492 e. The van der Waals surface area contributed by atoms with Gasteiger partial charge in [0.15, 0.2) is 5.12 Å². The van der Waals surface area contributed by atoms with Gasteiger partial charge in [-0.15, -0.1) is 0 Å². The molecule has 0 amide bonds. The number of aromatic nitrogens is 1. The number of nitrogens with zero attached hydrogens (tertiary/aromatic N) is 2. The predicted molar refractivity (Wildman–Crippen MR) is 115 cm³/mol. The summed E-state index contributed by atoms with van der Waals surface area (Å²) in [5, 5.41) is 1.57. The molecule has 0 spiro atoms. The van der Waals surface area contributed by atoms with Crippen molar-refractivity contribution in [2.24, 2.45) is 11.8 Å². The van der Waals surface area contributed by atoms with E-state index in [9.17, 15) is 9.59 Å². The van der Waals surface area contributed by atoms with E-state index in [0.717, 1.165) is 11.3 Å². The van der Waals surface area contributed by atoms with Crippen LogP contribution in [0.3, 0.4) is 0 Å². The van der Waals surface area contributed by atoms with E-state index in [0.29, 0.717) is 31.1 Å². The molecule has 2 aromatic rings. The highest BCUT2D eigenvalue weighted by Crippen LogP contribution is 2.19. The number of carbonyl (C=O) groups excluding carboxylic acids is 2. The van der Waals surface area contributed by atoms with E-state index in [2.05, 4.69) is 4.98 Å². The number of ether oxygens (including phenoxy) is 1. The predicted octanol–water partition coefficient (Wildman–Crippen LogP) is 3.50. The third-order valence-electron chi connectivity index (χ3n) is 4.01. The molecule has 0 aliphatic rings. The summed E-state index contributed by atoms with van der Waals surface area (Å²) in [4.78, 5) is 27.1. The number of Topliss-reactive ketones (excluding diaryl/α,β-unsaturated/α-hetero) is 1. The van der Waals surface area contributed by atoms with Crippen molar-refractivity contribution in [3.63, 3.8) is 0 Å². The lowest BCUT2D eigenvalue weighted by atomic mass is 9.98. The third kappa shape index (κ3) is 8.10. The van der Waals surface area contributed by atoms with Gasteiger partial charge in [-0.25, -0.2) is 10.8 Å². The van der Waals surface area contributed by atoms with Crippen molar-refractivity contribution in [3.05, 3.63) is 54.2 Å². The Balaban J connectivity index is 0.00000392. The first-order valence-electron chi connectivity index (χ1n) is 8.74. The van der Waals surface area contributed by atoms with Crippen LogP contribution in [0.2, 0.25) is 0 Å². The highest BCUT2D eigenvalue weighted by atomic mass is 32.2. The van der Waals surface area contributed by atoms with Gasteiger partial charge in [0.1, 0.15) is 24.0 Å². The first-order valence-corrected chi connectivity index (χ1v) is 9.73. The van der Waals surface area contributed by atoms with Crippen molar-refractivity contribution >= 4 is 28.5 Å². The number of thioether (sulfide) groups is 1. The first-order chi connectivity index (χ1) is 13.0. The summed E-state index contributed by atoms with van der Waals surface area (Å²) in [6, 6.07) is 13.2. The molecule has 0 radical (unpaired) electrons. The number of benzene rings is 1. The highest BCUT2D eigenvalue weighted by molar-refractivity contribution is 8.13. The van der Waals surface area contributed by atoms with Gasteiger partial charge in [0.25, 0.3) is 0 Å². The molecule has 2 N–H and O–H groups in total. The van der Waals surface area contributed by atoms with Crippen LogP contribution < -0.4 is 15.6 Å². The van der Waals surface area contributed by atoms with Gasteiger partial charge in [-0.1, -0.05) is 37.4 Å². The number of nitrogens with two attached hydrogens (primary N) is 1. The van der Waals surface area contributed by atoms with Crippen LogP contribution in [0, 0.1) is 5.92 Å². The monoisotopic (exact) mass is 403 g/mol. The minimum absolute atomic E-state index is 0. The first kappa shape index (κ1) is 23.7. The third-order valence-corrected chi connectivity index (χ3v) is 4.99. The molecule has 0 saturated heterocycles. The average Bonchev–Trinajstić information content (AvgIpc) is 2.66. The summed E-state index contributed by atoms with van der Waals surface area (Å²) >= 11 is 1.20. The Bertz CT molecular complexity index is 738. The molecule has 6 nitrogen and oxygen atoms in total. The van der Waals surface area contributed by atoms with Crippen LogP contribution in [0.5, 0.6) is 5.75 Å². The standard InChI is InChI=1S/C20H25N3O3S.CH4/c1-15(24)18(14-27-16(2)25)13-17-6-8-19(9-7-17)26-12-11-23(21)20-5-3-4-10-22-20;/h3-10,18H,11-14,21H2,1-2H3;1H4. The zero-order chi connectivity index (χ0) is 19.6. The lowest BCUT2D eigenvalue weighted by Gasteiger charge is -2.17. The Hall–Kier alpha value is -2.38. The maximum atomic E-state index is 11.8. The normalized spacial score (nSPS) is 11.2. The summed E-state index contributed by atoms with van der Waals surface area (Å²) in [5.74, 6) is 7.84. The summed E-state index contributed by atoms with van der Waals surface area (Å²) < 4.78 is 5.72. The van der Waals surface area contributed by atoms with E-state index >= 15 is 0 Å². The molecule has 1 aromatic carbocycles. The summed E-state index contributed by atoms with van der Waals surface area (Å²) in [7, 11) is 0. The SMILES string of the molecule is C.CC(=O)SCC(Cc1ccc(OCCN(N)c2ccccn2)cc1)C(C)=O. The van der Waals surface area contributed by atoms with Crippen LogP contribution >= 0.6 is 11.8 Å². The van der Waals surface area contributed by atoms with E-state index in [1.807, 2.05) is 42.5 Å². The lowest BCUT2D eigenvalue weighted by Crippen LogP contribution is -2.35. The van der Waals surface area contributed by atoms with Gasteiger partial charge in [-0.2, -0.15) is 0 Å². The summed E-state index contributed by atoms with van der Waals surface area (Å²) in [6.45, 7) is 4.03. The second-order valence-corrected chi connectivity index (χ2v) is 7.38. The lowest BCUT2D eigenvalue weighted by molar-refractivity contribution is -0.120. The molecule has 0 aliphatic heterocycles. The fourth-order valence-electron chi connectivity index (χ4n) is 2.44. The Morgan fingerprint density at radius 3 is 2.46 bits per heavy atom. The second kappa shape index (κ2) is 12.2. The van der Waals surface area contributed by atoms with Crippen molar-refractivity contribution in [2.75, 3.05) is 23.9 Å². The molecule has 1 atom stereocenters. The van der Waals surface area contributed by atoms with Gasteiger partial charge in [-0.3, -0.25) is 14.6 Å². The molecule has 152 valence electrons. The zero-order valence-electron chi connectivity index (χ0n) is 15.6. The number of anilines is 1. The Morgan fingerprint density at radius 1 is 1.18 bits per heavy atom. The van der Waals surface area contributed by atoms with E-state index in [-0.39, 0.29) is 24.2 Å². The van der Waals surface area contributed by atoms with E-state index in [1.54, 1.807) is 18.1 Å². The van der Waals surface area contributed by atoms with E-state index in [1.165, 1.54) is 18.7 Å². The fraction of sp³-hybridized carbons (Fsp3) is 0.381. The molecular weight excluding hydrogens is 374 g/mol. The molecule has 0 aliphatic carbocycles. The van der Waals surface area contributed by atoms with Crippen LogP contribution in [0.4, 0.5) is 5.82 Å². The van der Waals surface area contributed by atoms with Gasteiger partial charge < -0.3 is 4.74 Å². The Kier molecular flexibility index (Phi) is 10.3. The second-order valence-electron chi connectivity index (χ2n) is 6.19. The van der Waals surface area contributed by atoms with E-state index in [4.69, 9.17) is 10.6 Å². The molecule has 1 unspecified atom stereocenters. The van der Waals surface area contributed by atoms with Crippen LogP contribution in [0.1, 0.15) is 26.8 Å². The van der Waals surface area contributed by atoms with Crippen molar-refractivity contribution in [1.29, 1.82) is 0 Å². The van der Waals surface area contributed by atoms with Gasteiger partial charge in [0, 0.05) is 24.8 Å². The van der Waals surface area contributed by atoms with Gasteiger partial charge in [0.05, 0.1) is 6.54 Å². The van der Waals surface area contributed by atoms with Crippen LogP contribution in [0.25, 0.3) is 0 Å². The number of hydrogen-bond acceptors (Lipinski definition) is 7. The quantitative estimate of drug-likeness (QED) is 0.480. The summed E-state index contributed by atoms with van der Waals surface area (Å²) in [5.41, 5.74) is 1.04. The van der Waals surface area contributed by atoms with Crippen LogP contribution in [0.15, 0.2) is 48.7 Å². The molecule has 1 heterocycles. The number of hydrazine groups is 1. The van der Waals surface area contributed by atoms with Crippen LogP contribution in [-0.2, 0) is 16.0 Å². The van der Waals surface area contributed by atoms with Gasteiger partial charge in [-0.05, 0) is 43.2 Å². The van der Waals surface area contributed by atoms with E-state index < -0.39 is 0 Å². The van der Waals surface area contributed by atoms with Crippen molar-refractivity contribution < 1.29 is 14.3 Å². The Labute approximate surface area is 171 Å². The van der Waals surface area contributed by atoms with Gasteiger partial charge >= 0.3 is 0 Å². The molecule has 0 bridgehead atoms. The van der Waals surface area contributed by atoms with Crippen molar-refractivity contribution in [1.82, 2.24) is 4.98 Å². The van der Waals surface area contributed by atoms with Gasteiger partial charge in [0.2, 0.25) is 0 Å². The Morgan fingerprint density at radius 2 is 1.89 bits per heavy atom. The van der Waals surface area contributed by atoms with Crippen molar-refractivity contribution in [3.8, 4) is 5.75 Å². The molecule has 0 fully saturated rings. The minimum atomic E-state index is -0.158. The number of rotatable bonds is 10. The highest BCUT2D eigenvalue weighted by Gasteiger charge is 2.16. The molecule has 7 heteroatoms. The molecule has 2 rings (SSSR count). The number of carbonyl (C=O) groups is 2. The van der Waals surface area contributed by atoms with Crippen molar-refractivity contribution in [2.45, 2.75) is 27.7 Å². The fourth-order valence-corrected chi connectivity index (χ4v) is 3.23. The maximum absolute atomic E-state index is 11.8. The molecular formula is C21H29N3O3S. The summed E-state index contributed by atoms with van der Waals surface area (Å²) in [6.07, 6.45) is 2.31. The van der Waals surface area contributed by atoms with Crippen LogP contribution in [-0.4, -0.2) is 34.8 Å². The number of pyridine rings is 1. The zero-order valence-corrected chi connectivity index (χ0v) is 16.4. The maximum Gasteiger partial charge on any atom is 0.185 e.